The standard InChI is InChI=1S/C19H20FN3O3S/c1-22(11-13-4-7-15(20)8-5-13)12-23-19(27)26-18(21-23)14-6-9-16(24-2)17(10-14)25-3/h4-10H,11-12H2,1-3H3. The quantitative estimate of drug-likeness (QED) is 0.567. The third-order valence-corrected chi connectivity index (χ3v) is 4.27. The third-order valence-electron chi connectivity index (χ3n) is 3.98. The zero-order valence-corrected chi connectivity index (χ0v) is 16.1. The van der Waals surface area contributed by atoms with Gasteiger partial charge in [0, 0.05) is 12.1 Å². The van der Waals surface area contributed by atoms with Gasteiger partial charge in [0.25, 0.3) is 4.84 Å². The van der Waals surface area contributed by atoms with Crippen LogP contribution in [0.25, 0.3) is 11.5 Å². The summed E-state index contributed by atoms with van der Waals surface area (Å²) < 4.78 is 30.8. The van der Waals surface area contributed by atoms with Gasteiger partial charge in [-0.05, 0) is 55.2 Å². The Morgan fingerprint density at radius 3 is 2.48 bits per heavy atom. The fourth-order valence-electron chi connectivity index (χ4n) is 2.66. The number of rotatable bonds is 7. The van der Waals surface area contributed by atoms with Crippen molar-refractivity contribution in [3.8, 4) is 23.0 Å². The van der Waals surface area contributed by atoms with Crippen LogP contribution in [0.5, 0.6) is 11.5 Å². The highest BCUT2D eigenvalue weighted by Gasteiger charge is 2.13. The number of nitrogens with zero attached hydrogens (tertiary/aromatic N) is 3. The molecular weight excluding hydrogens is 369 g/mol. The first-order valence-corrected chi connectivity index (χ1v) is 8.64. The van der Waals surface area contributed by atoms with Gasteiger partial charge in [-0.3, -0.25) is 4.90 Å². The van der Waals surface area contributed by atoms with Crippen molar-refractivity contribution in [1.82, 2.24) is 14.7 Å². The first-order valence-electron chi connectivity index (χ1n) is 8.23. The van der Waals surface area contributed by atoms with Gasteiger partial charge in [0.15, 0.2) is 11.5 Å². The Kier molecular flexibility index (Phi) is 5.88. The number of methoxy groups -OCH3 is 2. The van der Waals surface area contributed by atoms with Crippen LogP contribution >= 0.6 is 12.2 Å². The van der Waals surface area contributed by atoms with Crippen molar-refractivity contribution >= 4 is 12.2 Å². The molecule has 8 heteroatoms. The highest BCUT2D eigenvalue weighted by atomic mass is 32.1. The highest BCUT2D eigenvalue weighted by molar-refractivity contribution is 7.71. The van der Waals surface area contributed by atoms with E-state index in [2.05, 4.69) is 5.10 Å². The minimum Gasteiger partial charge on any atom is -0.493 e. The molecule has 1 aromatic heterocycles. The summed E-state index contributed by atoms with van der Waals surface area (Å²) in [6, 6.07) is 11.8. The lowest BCUT2D eigenvalue weighted by atomic mass is 10.2. The molecule has 0 saturated heterocycles. The van der Waals surface area contributed by atoms with Crippen molar-refractivity contribution in [1.29, 1.82) is 0 Å². The van der Waals surface area contributed by atoms with Crippen LogP contribution in [0.3, 0.4) is 0 Å². The maximum atomic E-state index is 13.0. The number of hydrogen-bond donors (Lipinski definition) is 0. The van der Waals surface area contributed by atoms with Gasteiger partial charge in [-0.1, -0.05) is 12.1 Å². The van der Waals surface area contributed by atoms with Gasteiger partial charge in [0.05, 0.1) is 20.9 Å². The summed E-state index contributed by atoms with van der Waals surface area (Å²) in [5, 5.41) is 4.45. The molecule has 1 heterocycles. The summed E-state index contributed by atoms with van der Waals surface area (Å²) in [5.74, 6) is 1.35. The van der Waals surface area contributed by atoms with Gasteiger partial charge in [-0.25, -0.2) is 9.07 Å². The van der Waals surface area contributed by atoms with Gasteiger partial charge in [0.1, 0.15) is 5.82 Å². The van der Waals surface area contributed by atoms with Crippen LogP contribution in [0.2, 0.25) is 0 Å². The van der Waals surface area contributed by atoms with Crippen LogP contribution in [-0.4, -0.2) is 35.9 Å². The minimum atomic E-state index is -0.250. The number of ether oxygens (including phenoxy) is 2. The monoisotopic (exact) mass is 389 g/mol. The molecule has 0 bridgehead atoms. The van der Waals surface area contributed by atoms with E-state index in [9.17, 15) is 4.39 Å². The number of aromatic nitrogens is 2. The maximum Gasteiger partial charge on any atom is 0.288 e. The van der Waals surface area contributed by atoms with Crippen LogP contribution in [0.4, 0.5) is 4.39 Å². The Labute approximate surface area is 161 Å². The van der Waals surface area contributed by atoms with Gasteiger partial charge in [0.2, 0.25) is 5.89 Å². The molecule has 0 radical (unpaired) electrons. The predicted molar refractivity (Wildman–Crippen MR) is 102 cm³/mol. The Balaban J connectivity index is 1.76. The first kappa shape index (κ1) is 19.1. The SMILES string of the molecule is COc1ccc(-c2nn(CN(C)Cc3ccc(F)cc3)c(=S)o2)cc1OC. The number of benzene rings is 2. The molecule has 0 spiro atoms. The molecule has 0 aliphatic heterocycles. The van der Waals surface area contributed by atoms with Gasteiger partial charge < -0.3 is 13.9 Å². The van der Waals surface area contributed by atoms with E-state index < -0.39 is 0 Å². The summed E-state index contributed by atoms with van der Waals surface area (Å²) in [6.45, 7) is 1.06. The summed E-state index contributed by atoms with van der Waals surface area (Å²) in [4.78, 5) is 2.27. The summed E-state index contributed by atoms with van der Waals surface area (Å²) in [6.07, 6.45) is 0. The van der Waals surface area contributed by atoms with Crippen molar-refractivity contribution in [3.05, 3.63) is 58.7 Å². The number of hydrogen-bond acceptors (Lipinski definition) is 6. The molecule has 2 aromatic carbocycles. The van der Waals surface area contributed by atoms with E-state index in [1.165, 1.54) is 12.1 Å². The maximum absolute atomic E-state index is 13.0. The summed E-state index contributed by atoms with van der Waals surface area (Å²) >= 11 is 5.28. The molecule has 27 heavy (non-hydrogen) atoms. The van der Waals surface area contributed by atoms with Gasteiger partial charge in [-0.2, -0.15) is 0 Å². The zero-order chi connectivity index (χ0) is 19.4. The molecule has 0 aliphatic carbocycles. The van der Waals surface area contributed by atoms with Crippen LogP contribution < -0.4 is 9.47 Å². The molecule has 0 unspecified atom stereocenters. The molecule has 0 amide bonds. The van der Waals surface area contributed by atoms with Crippen LogP contribution in [0, 0.1) is 10.7 Å². The Bertz CT molecular complexity index is 969. The largest absolute Gasteiger partial charge is 0.493 e. The van der Waals surface area contributed by atoms with Crippen molar-refractivity contribution in [2.24, 2.45) is 0 Å². The van der Waals surface area contributed by atoms with Crippen LogP contribution in [-0.2, 0) is 13.2 Å². The molecule has 0 N–H and O–H groups in total. The lowest BCUT2D eigenvalue weighted by molar-refractivity contribution is 0.240. The zero-order valence-electron chi connectivity index (χ0n) is 15.3. The van der Waals surface area contributed by atoms with E-state index in [1.54, 1.807) is 43.2 Å². The summed E-state index contributed by atoms with van der Waals surface area (Å²) in [7, 11) is 5.07. The second-order valence-electron chi connectivity index (χ2n) is 6.02. The minimum absolute atomic E-state index is 0.250. The smallest absolute Gasteiger partial charge is 0.288 e. The van der Waals surface area contributed by atoms with Gasteiger partial charge >= 0.3 is 0 Å². The Morgan fingerprint density at radius 2 is 1.81 bits per heavy atom. The van der Waals surface area contributed by atoms with Crippen molar-refractivity contribution in [2.45, 2.75) is 13.2 Å². The predicted octanol–water partition coefficient (Wildman–Crippen LogP) is 4.12. The van der Waals surface area contributed by atoms with E-state index in [1.807, 2.05) is 18.0 Å². The molecule has 3 rings (SSSR count). The topological polar surface area (TPSA) is 52.7 Å². The van der Waals surface area contributed by atoms with Gasteiger partial charge in [-0.15, -0.1) is 5.10 Å². The highest BCUT2D eigenvalue weighted by Crippen LogP contribution is 2.31. The van der Waals surface area contributed by atoms with E-state index in [0.717, 1.165) is 11.1 Å². The van der Waals surface area contributed by atoms with Crippen molar-refractivity contribution in [3.63, 3.8) is 0 Å². The Hall–Kier alpha value is -2.71. The lowest BCUT2D eigenvalue weighted by Crippen LogP contribution is -2.22. The molecule has 142 valence electrons. The fourth-order valence-corrected chi connectivity index (χ4v) is 2.84. The Morgan fingerprint density at radius 1 is 1.11 bits per heavy atom. The molecule has 3 aromatic rings. The average molecular weight is 389 g/mol. The molecule has 0 aliphatic rings. The number of halogens is 1. The first-order chi connectivity index (χ1) is 13.0. The average Bonchev–Trinajstić information content (AvgIpc) is 3.03. The normalized spacial score (nSPS) is 11.0. The van der Waals surface area contributed by atoms with E-state index >= 15 is 0 Å². The lowest BCUT2D eigenvalue weighted by Gasteiger charge is -2.15. The van der Waals surface area contributed by atoms with Crippen molar-refractivity contribution < 1.29 is 18.3 Å². The van der Waals surface area contributed by atoms with E-state index in [-0.39, 0.29) is 10.7 Å². The van der Waals surface area contributed by atoms with E-state index in [0.29, 0.717) is 30.6 Å². The third kappa shape index (κ3) is 4.53. The van der Waals surface area contributed by atoms with Crippen molar-refractivity contribution in [2.75, 3.05) is 21.3 Å². The molecule has 6 nitrogen and oxygen atoms in total. The molecular formula is C19H20FN3O3S. The van der Waals surface area contributed by atoms with E-state index in [4.69, 9.17) is 26.1 Å². The fraction of sp³-hybridized carbons (Fsp3) is 0.263. The second-order valence-corrected chi connectivity index (χ2v) is 6.37. The molecule has 0 fully saturated rings. The molecule has 0 atom stereocenters. The van der Waals surface area contributed by atoms with Crippen LogP contribution in [0.1, 0.15) is 5.56 Å². The van der Waals surface area contributed by atoms with Crippen LogP contribution in [0.15, 0.2) is 46.9 Å². The summed E-state index contributed by atoms with van der Waals surface area (Å²) in [5.41, 5.74) is 1.73. The molecule has 0 saturated carbocycles. The second kappa shape index (κ2) is 8.32.